The molecule has 3 aromatic carbocycles. The SMILES string of the molecule is CCC(C)c1ccc(C[N+]23CC[N+](Cc4ccc(C[N+]56CC[N+](Cc7ccccc7)(CC5)CC6)cc4)(CC2)CC3)cc1. The standard InChI is InChI=1S/C38H54N4/c1-3-33(2)38-15-13-37(14-16-38)32-42-26-23-41(24-27-42,25-28-42)31-36-11-9-35(10-12-36)30-40-20-17-39(18-21-40,19-22-40)29-34-7-5-4-6-8-34/h4-16,33H,3,17-32H2,1-2H3/q+4. The summed E-state index contributed by atoms with van der Waals surface area (Å²) in [5.41, 5.74) is 7.65. The molecule has 9 rings (SSSR count). The molecule has 6 fully saturated rings. The van der Waals surface area contributed by atoms with Gasteiger partial charge in [-0.2, -0.15) is 0 Å². The Labute approximate surface area is 255 Å². The minimum absolute atomic E-state index is 0.668. The van der Waals surface area contributed by atoms with Crippen LogP contribution in [0.3, 0.4) is 0 Å². The van der Waals surface area contributed by atoms with Gasteiger partial charge in [-0.1, -0.05) is 92.7 Å². The maximum atomic E-state index is 2.48. The Balaban J connectivity index is 0.919. The number of piperazine rings is 6. The summed E-state index contributed by atoms with van der Waals surface area (Å²) in [5, 5.41) is 0. The average molecular weight is 567 g/mol. The van der Waals surface area contributed by atoms with E-state index in [4.69, 9.17) is 0 Å². The van der Waals surface area contributed by atoms with Crippen LogP contribution in [0.1, 0.15) is 54.0 Å². The third kappa shape index (κ3) is 5.71. The molecule has 6 aliphatic rings. The van der Waals surface area contributed by atoms with Crippen molar-refractivity contribution in [2.45, 2.75) is 52.4 Å². The van der Waals surface area contributed by atoms with Gasteiger partial charge in [-0.25, -0.2) is 0 Å². The van der Waals surface area contributed by atoms with E-state index in [1.807, 2.05) is 0 Å². The van der Waals surface area contributed by atoms with Gasteiger partial charge in [0, 0.05) is 22.3 Å². The van der Waals surface area contributed by atoms with Gasteiger partial charge in [0.15, 0.2) is 0 Å². The van der Waals surface area contributed by atoms with Crippen molar-refractivity contribution in [1.82, 2.24) is 0 Å². The van der Waals surface area contributed by atoms with Gasteiger partial charge in [0.25, 0.3) is 0 Å². The van der Waals surface area contributed by atoms with Crippen molar-refractivity contribution in [3.8, 4) is 0 Å². The summed E-state index contributed by atoms with van der Waals surface area (Å²) in [6.45, 7) is 25.7. The molecule has 0 saturated carbocycles. The predicted molar refractivity (Wildman–Crippen MR) is 172 cm³/mol. The van der Waals surface area contributed by atoms with Gasteiger partial charge < -0.3 is 17.9 Å². The fraction of sp³-hybridized carbons (Fsp3) is 0.526. The molecule has 0 radical (unpaired) electrons. The first kappa shape index (κ1) is 28.3. The number of rotatable bonds is 10. The highest BCUT2D eigenvalue weighted by atomic mass is 15.5. The van der Waals surface area contributed by atoms with Crippen LogP contribution in [0.2, 0.25) is 0 Å². The van der Waals surface area contributed by atoms with E-state index in [-0.39, 0.29) is 0 Å². The van der Waals surface area contributed by atoms with Crippen molar-refractivity contribution in [3.63, 3.8) is 0 Å². The number of hydrogen-bond acceptors (Lipinski definition) is 0. The highest BCUT2D eigenvalue weighted by Gasteiger charge is 2.50. The molecule has 4 nitrogen and oxygen atoms in total. The molecule has 6 aliphatic heterocycles. The maximum Gasteiger partial charge on any atom is 0.129 e. The van der Waals surface area contributed by atoms with Crippen LogP contribution in [0.4, 0.5) is 0 Å². The molecule has 42 heavy (non-hydrogen) atoms. The molecule has 6 heterocycles. The fourth-order valence-corrected chi connectivity index (χ4v) is 8.91. The van der Waals surface area contributed by atoms with Crippen LogP contribution in [0.5, 0.6) is 0 Å². The van der Waals surface area contributed by atoms with E-state index < -0.39 is 0 Å². The lowest BCUT2D eigenvalue weighted by molar-refractivity contribution is -1.09. The second-order valence-corrected chi connectivity index (χ2v) is 15.0. The van der Waals surface area contributed by atoms with E-state index in [0.717, 1.165) is 0 Å². The zero-order valence-electron chi connectivity index (χ0n) is 26.4. The Morgan fingerprint density at radius 3 is 1.02 bits per heavy atom. The van der Waals surface area contributed by atoms with Crippen molar-refractivity contribution < 1.29 is 17.9 Å². The Morgan fingerprint density at radius 1 is 0.429 bits per heavy atom. The average Bonchev–Trinajstić information content (AvgIpc) is 3.04. The highest BCUT2D eigenvalue weighted by molar-refractivity contribution is 5.25. The second-order valence-electron chi connectivity index (χ2n) is 15.0. The van der Waals surface area contributed by atoms with Gasteiger partial charge >= 0.3 is 0 Å². The molecule has 0 aromatic heterocycles. The molecule has 4 bridgehead atoms. The first-order valence-corrected chi connectivity index (χ1v) is 17.0. The Kier molecular flexibility index (Phi) is 7.55. The summed E-state index contributed by atoms with van der Waals surface area (Å²) >= 11 is 0. The van der Waals surface area contributed by atoms with Crippen molar-refractivity contribution >= 4 is 0 Å². The van der Waals surface area contributed by atoms with Crippen LogP contribution in [-0.4, -0.2) is 96.5 Å². The number of fused-ring (bicyclic) bond motifs is 6. The summed E-state index contributed by atoms with van der Waals surface area (Å²) in [5.74, 6) is 0.668. The maximum absolute atomic E-state index is 2.48. The number of benzene rings is 3. The van der Waals surface area contributed by atoms with Gasteiger partial charge in [-0.3, -0.25) is 0 Å². The number of nitrogens with zero attached hydrogens (tertiary/aromatic N) is 4. The van der Waals surface area contributed by atoms with Crippen LogP contribution >= 0.6 is 0 Å². The summed E-state index contributed by atoms with van der Waals surface area (Å²) in [6.07, 6.45) is 1.22. The zero-order valence-corrected chi connectivity index (χ0v) is 26.4. The van der Waals surface area contributed by atoms with E-state index in [1.54, 1.807) is 11.1 Å². The molecule has 0 aliphatic carbocycles. The minimum atomic E-state index is 0.668. The van der Waals surface area contributed by atoms with E-state index in [1.165, 1.54) is 146 Å². The predicted octanol–water partition coefficient (Wildman–Crippen LogP) is 5.92. The third-order valence-electron chi connectivity index (χ3n) is 12.4. The van der Waals surface area contributed by atoms with Crippen molar-refractivity contribution in [1.29, 1.82) is 0 Å². The van der Waals surface area contributed by atoms with Crippen molar-refractivity contribution in [3.05, 3.63) is 107 Å². The lowest BCUT2D eigenvalue weighted by Crippen LogP contribution is -2.74. The van der Waals surface area contributed by atoms with E-state index in [9.17, 15) is 0 Å². The largest absolute Gasteiger partial charge is 0.306 e. The smallest absolute Gasteiger partial charge is 0.129 e. The van der Waals surface area contributed by atoms with Crippen LogP contribution in [0.25, 0.3) is 0 Å². The molecule has 1 unspecified atom stereocenters. The van der Waals surface area contributed by atoms with Crippen molar-refractivity contribution in [2.75, 3.05) is 78.5 Å². The normalized spacial score (nSPS) is 32.6. The van der Waals surface area contributed by atoms with Crippen molar-refractivity contribution in [2.24, 2.45) is 0 Å². The van der Waals surface area contributed by atoms with Gasteiger partial charge in [0.2, 0.25) is 0 Å². The molecule has 0 spiro atoms. The molecular weight excluding hydrogens is 512 g/mol. The van der Waals surface area contributed by atoms with Crippen LogP contribution < -0.4 is 0 Å². The van der Waals surface area contributed by atoms with Crippen LogP contribution in [0, 0.1) is 0 Å². The van der Waals surface area contributed by atoms with Gasteiger partial charge in [0.1, 0.15) is 105 Å². The fourth-order valence-electron chi connectivity index (χ4n) is 8.91. The minimum Gasteiger partial charge on any atom is -0.306 e. The summed E-state index contributed by atoms with van der Waals surface area (Å²) in [4.78, 5) is 0. The molecule has 1 atom stereocenters. The topological polar surface area (TPSA) is 0 Å². The molecule has 4 heteroatoms. The first-order chi connectivity index (χ1) is 20.4. The molecule has 0 amide bonds. The summed E-state index contributed by atoms with van der Waals surface area (Å²) in [7, 11) is 0. The molecule has 222 valence electrons. The third-order valence-corrected chi connectivity index (χ3v) is 12.4. The Hall–Kier alpha value is -2.50. The zero-order chi connectivity index (χ0) is 28.7. The first-order valence-electron chi connectivity index (χ1n) is 17.0. The second kappa shape index (κ2) is 11.2. The number of quaternary nitrogens is 4. The van der Waals surface area contributed by atoms with E-state index in [0.29, 0.717) is 5.92 Å². The van der Waals surface area contributed by atoms with Crippen LogP contribution in [0.15, 0.2) is 78.9 Å². The molecule has 0 N–H and O–H groups in total. The Bertz CT molecular complexity index is 1300. The number of hydrogen-bond donors (Lipinski definition) is 0. The molecular formula is C38H54N4+4. The monoisotopic (exact) mass is 566 g/mol. The highest BCUT2D eigenvalue weighted by Crippen LogP contribution is 2.33. The lowest BCUT2D eigenvalue weighted by Gasteiger charge is -2.56. The van der Waals surface area contributed by atoms with Crippen LogP contribution in [-0.2, 0) is 26.2 Å². The molecule has 6 saturated heterocycles. The van der Waals surface area contributed by atoms with Gasteiger partial charge in [-0.15, -0.1) is 0 Å². The van der Waals surface area contributed by atoms with E-state index in [2.05, 4.69) is 92.7 Å². The van der Waals surface area contributed by atoms with Gasteiger partial charge in [-0.05, 0) is 17.9 Å². The molecule has 3 aromatic rings. The summed E-state index contributed by atoms with van der Waals surface area (Å²) < 4.78 is 5.25. The summed E-state index contributed by atoms with van der Waals surface area (Å²) in [6, 6.07) is 30.7. The van der Waals surface area contributed by atoms with Gasteiger partial charge in [0.05, 0.1) is 0 Å². The lowest BCUT2D eigenvalue weighted by atomic mass is 9.97. The van der Waals surface area contributed by atoms with E-state index >= 15 is 0 Å². The quantitative estimate of drug-likeness (QED) is 0.267. The Morgan fingerprint density at radius 2 is 0.714 bits per heavy atom.